The summed E-state index contributed by atoms with van der Waals surface area (Å²) in [6.07, 6.45) is 26.1. The Morgan fingerprint density at radius 3 is 0.333 bits per heavy atom. The highest BCUT2D eigenvalue weighted by atomic mass is 16.2. The Labute approximate surface area is 432 Å². The molecule has 72 heavy (non-hydrogen) atoms. The van der Waals surface area contributed by atoms with Gasteiger partial charge in [-0.05, 0) is 116 Å². The molecule has 0 atom stereocenters. The molecular formula is C54H99N9O9. The van der Waals surface area contributed by atoms with Crippen LogP contribution in [0.1, 0.15) is 231 Å². The summed E-state index contributed by atoms with van der Waals surface area (Å²) >= 11 is 0. The monoisotopic (exact) mass is 1020 g/mol. The fourth-order valence-electron chi connectivity index (χ4n) is 8.13. The van der Waals surface area contributed by atoms with Gasteiger partial charge in [0.05, 0.1) is 0 Å². The van der Waals surface area contributed by atoms with Crippen LogP contribution in [0.25, 0.3) is 0 Å². The standard InChI is InChI=1S/C54H99N9O9/c64-46-28-10-1-19-37-55-47(65)29-11-2-21-39-57-49(67)31-13-4-23-41-59-51(69)33-15-6-25-43-61-53(71)35-17-8-27-45-63-54(72)36-18-9-26-44-62-52(70)34-16-7-24-42-60-50(68)32-14-5-22-40-58-48(66)30-12-3-20-38-56-46/h1-45H2,(H,55,65)(H,56,64)(H,57,67)(H,58,66)(H,59,69)(H,60,68)(H,61,71)(H,62,70)(H,63,72). The molecule has 0 unspecified atom stereocenters. The first-order valence-electron chi connectivity index (χ1n) is 28.5. The molecule has 1 heterocycles. The number of carbonyl (C=O) groups is 9. The minimum atomic E-state index is 0.0266. The van der Waals surface area contributed by atoms with Crippen molar-refractivity contribution < 1.29 is 43.2 Å². The number of rotatable bonds is 0. The summed E-state index contributed by atoms with van der Waals surface area (Å²) in [7, 11) is 0. The summed E-state index contributed by atoms with van der Waals surface area (Å²) < 4.78 is 0. The Hall–Kier alpha value is -4.77. The Morgan fingerprint density at radius 1 is 0.139 bits per heavy atom. The number of carbonyl (C=O) groups excluding carboxylic acids is 9. The summed E-state index contributed by atoms with van der Waals surface area (Å²) in [4.78, 5) is 110. The van der Waals surface area contributed by atoms with Crippen LogP contribution in [-0.2, 0) is 43.2 Å². The topological polar surface area (TPSA) is 262 Å². The lowest BCUT2D eigenvalue weighted by Gasteiger charge is -2.08. The lowest BCUT2D eigenvalue weighted by molar-refractivity contribution is -0.122. The second kappa shape index (κ2) is 48.5. The second-order valence-corrected chi connectivity index (χ2v) is 19.4. The highest BCUT2D eigenvalue weighted by Gasteiger charge is 2.09. The lowest BCUT2D eigenvalue weighted by Crippen LogP contribution is -2.26. The first-order chi connectivity index (χ1) is 35.0. The zero-order valence-corrected chi connectivity index (χ0v) is 44.5. The van der Waals surface area contributed by atoms with E-state index in [1.807, 2.05) is 0 Å². The first kappa shape index (κ1) is 65.2. The highest BCUT2D eigenvalue weighted by molar-refractivity contribution is 5.78. The van der Waals surface area contributed by atoms with Crippen molar-refractivity contribution in [3.63, 3.8) is 0 Å². The van der Waals surface area contributed by atoms with Gasteiger partial charge in [0.25, 0.3) is 0 Å². The minimum absolute atomic E-state index is 0.0266. The van der Waals surface area contributed by atoms with Crippen LogP contribution in [0.2, 0.25) is 0 Å². The first-order valence-corrected chi connectivity index (χ1v) is 28.5. The van der Waals surface area contributed by atoms with E-state index in [0.717, 1.165) is 173 Å². The van der Waals surface area contributed by atoms with Crippen molar-refractivity contribution in [1.29, 1.82) is 0 Å². The van der Waals surface area contributed by atoms with Gasteiger partial charge in [-0.15, -0.1) is 0 Å². The van der Waals surface area contributed by atoms with Gasteiger partial charge in [-0.1, -0.05) is 57.8 Å². The summed E-state index contributed by atoms with van der Waals surface area (Å²) in [6, 6.07) is 0. The smallest absolute Gasteiger partial charge is 0.219 e. The molecular weight excluding hydrogens is 919 g/mol. The zero-order chi connectivity index (χ0) is 52.4. The van der Waals surface area contributed by atoms with Crippen LogP contribution in [0.3, 0.4) is 0 Å². The lowest BCUT2D eigenvalue weighted by atomic mass is 10.1. The van der Waals surface area contributed by atoms with Gasteiger partial charge in [-0.25, -0.2) is 0 Å². The molecule has 1 fully saturated rings. The molecule has 0 aromatic heterocycles. The van der Waals surface area contributed by atoms with E-state index >= 15 is 0 Å². The van der Waals surface area contributed by atoms with E-state index in [4.69, 9.17) is 0 Å². The van der Waals surface area contributed by atoms with Crippen LogP contribution in [-0.4, -0.2) is 112 Å². The van der Waals surface area contributed by atoms with Crippen LogP contribution in [0, 0.1) is 0 Å². The number of nitrogens with one attached hydrogen (secondary N) is 9. The van der Waals surface area contributed by atoms with Gasteiger partial charge >= 0.3 is 0 Å². The van der Waals surface area contributed by atoms with E-state index in [2.05, 4.69) is 47.9 Å². The molecule has 1 rings (SSSR count). The van der Waals surface area contributed by atoms with Crippen LogP contribution in [0.4, 0.5) is 0 Å². The molecule has 0 spiro atoms. The fraction of sp³-hybridized carbons (Fsp3) is 0.833. The third-order valence-corrected chi connectivity index (χ3v) is 12.6. The third kappa shape index (κ3) is 46.3. The predicted octanol–water partition coefficient (Wildman–Crippen LogP) is 6.09. The summed E-state index contributed by atoms with van der Waals surface area (Å²) in [5, 5.41) is 26.6. The molecule has 0 bridgehead atoms. The van der Waals surface area contributed by atoms with Crippen LogP contribution >= 0.6 is 0 Å². The molecule has 0 aliphatic carbocycles. The van der Waals surface area contributed by atoms with Crippen molar-refractivity contribution in [2.24, 2.45) is 0 Å². The normalized spacial score (nSPS) is 21.8. The summed E-state index contributed by atoms with van der Waals surface area (Å²) in [5.41, 5.74) is 0. The number of hydrogen-bond donors (Lipinski definition) is 9. The maximum Gasteiger partial charge on any atom is 0.219 e. The van der Waals surface area contributed by atoms with Gasteiger partial charge in [0.15, 0.2) is 0 Å². The van der Waals surface area contributed by atoms with E-state index in [0.29, 0.717) is 117 Å². The maximum atomic E-state index is 12.2. The van der Waals surface area contributed by atoms with Gasteiger partial charge in [-0.3, -0.25) is 43.2 Å². The third-order valence-electron chi connectivity index (χ3n) is 12.6. The second-order valence-electron chi connectivity index (χ2n) is 19.4. The average Bonchev–Trinajstić information content (AvgIpc) is 3.35. The zero-order valence-electron chi connectivity index (χ0n) is 44.5. The van der Waals surface area contributed by atoms with Crippen molar-refractivity contribution in [2.45, 2.75) is 231 Å². The number of hydrogen-bond acceptors (Lipinski definition) is 9. The maximum absolute atomic E-state index is 12.2. The highest BCUT2D eigenvalue weighted by Crippen LogP contribution is 2.07. The van der Waals surface area contributed by atoms with E-state index in [-0.39, 0.29) is 53.2 Å². The largest absolute Gasteiger partial charge is 0.356 e. The fourth-order valence-corrected chi connectivity index (χ4v) is 8.13. The number of amides is 9. The average molecular weight is 1020 g/mol. The molecule has 0 saturated carbocycles. The minimum Gasteiger partial charge on any atom is -0.356 e. The van der Waals surface area contributed by atoms with Crippen molar-refractivity contribution >= 4 is 53.2 Å². The molecule has 0 radical (unpaired) electrons. The van der Waals surface area contributed by atoms with Crippen LogP contribution in [0.15, 0.2) is 0 Å². The SMILES string of the molecule is O=C1CCCCCNC(=O)CCCCCNC(=O)CCCCCNC(=O)CCCCCNC(=O)CCCCCNC(=O)CCCCCNC(=O)CCCCCNC(=O)CCCCCNC(=O)CCCCCN1. The van der Waals surface area contributed by atoms with Crippen LogP contribution in [0.5, 0.6) is 0 Å². The van der Waals surface area contributed by atoms with Gasteiger partial charge in [0.1, 0.15) is 0 Å². The Balaban J connectivity index is 2.27. The molecule has 1 aliphatic heterocycles. The quantitative estimate of drug-likeness (QED) is 0.136. The molecule has 1 aliphatic rings. The molecule has 9 amide bonds. The van der Waals surface area contributed by atoms with Gasteiger partial charge in [0, 0.05) is 117 Å². The van der Waals surface area contributed by atoms with Gasteiger partial charge < -0.3 is 47.9 Å². The van der Waals surface area contributed by atoms with E-state index in [9.17, 15) is 43.2 Å². The molecule has 9 N–H and O–H groups in total. The van der Waals surface area contributed by atoms with Crippen LogP contribution < -0.4 is 47.9 Å². The summed E-state index contributed by atoms with van der Waals surface area (Å²) in [5.74, 6) is 0.239. The summed E-state index contributed by atoms with van der Waals surface area (Å²) in [6.45, 7) is 5.35. The van der Waals surface area contributed by atoms with Crippen molar-refractivity contribution in [3.8, 4) is 0 Å². The van der Waals surface area contributed by atoms with Crippen molar-refractivity contribution in [2.75, 3.05) is 58.9 Å². The van der Waals surface area contributed by atoms with Gasteiger partial charge in [-0.2, -0.15) is 0 Å². The molecule has 18 heteroatoms. The van der Waals surface area contributed by atoms with Crippen molar-refractivity contribution in [3.05, 3.63) is 0 Å². The molecule has 18 nitrogen and oxygen atoms in total. The Kier molecular flexibility index (Phi) is 43.9. The van der Waals surface area contributed by atoms with E-state index in [1.165, 1.54) is 0 Å². The van der Waals surface area contributed by atoms with Gasteiger partial charge in [0.2, 0.25) is 53.2 Å². The Morgan fingerprint density at radius 2 is 0.236 bits per heavy atom. The van der Waals surface area contributed by atoms with E-state index in [1.54, 1.807) is 0 Å². The van der Waals surface area contributed by atoms with E-state index < -0.39 is 0 Å². The van der Waals surface area contributed by atoms with Crippen molar-refractivity contribution in [1.82, 2.24) is 47.9 Å². The molecule has 1 saturated heterocycles. The molecule has 0 aromatic rings. The molecule has 414 valence electrons. The predicted molar refractivity (Wildman–Crippen MR) is 283 cm³/mol. The Bertz CT molecular complexity index is 1070. The molecule has 0 aromatic carbocycles.